The molecule has 1 aromatic rings. The van der Waals surface area contributed by atoms with Gasteiger partial charge in [0.05, 0.1) is 12.5 Å². The molecule has 0 aliphatic rings. The summed E-state index contributed by atoms with van der Waals surface area (Å²) < 4.78 is 0. The van der Waals surface area contributed by atoms with E-state index in [2.05, 4.69) is 10.6 Å². The number of amides is 2. The lowest BCUT2D eigenvalue weighted by Gasteiger charge is -2.27. The van der Waals surface area contributed by atoms with Crippen LogP contribution in [-0.4, -0.2) is 28.4 Å². The van der Waals surface area contributed by atoms with Crippen molar-refractivity contribution in [1.29, 1.82) is 0 Å². The first-order chi connectivity index (χ1) is 11.2. The first-order valence-corrected chi connectivity index (χ1v) is 8.12. The molecule has 0 fully saturated rings. The molecule has 0 heterocycles. The molecule has 0 spiro atoms. The van der Waals surface area contributed by atoms with Crippen LogP contribution in [0.2, 0.25) is 5.02 Å². The van der Waals surface area contributed by atoms with Crippen LogP contribution in [0.25, 0.3) is 0 Å². The van der Waals surface area contributed by atoms with Crippen molar-refractivity contribution in [3.8, 4) is 0 Å². The number of carboxylic acids is 1. The minimum absolute atomic E-state index is 0.0617. The van der Waals surface area contributed by atoms with Gasteiger partial charge in [0.2, 0.25) is 11.8 Å². The molecule has 2 amide bonds. The standard InChI is InChI=1S/C17H23ClN2O4/c1-4-9-17(3,16(23)24)20-15(22)10-14(19-11(2)21)12-5-7-13(18)8-6-12/h5-8,14H,4,9-10H2,1-3H3,(H,19,21)(H,20,22)(H,23,24). The third-order valence-corrected chi connectivity index (χ3v) is 3.93. The number of carbonyl (C=O) groups excluding carboxylic acids is 2. The number of nitrogens with one attached hydrogen (secondary N) is 2. The fourth-order valence-electron chi connectivity index (χ4n) is 2.46. The van der Waals surface area contributed by atoms with Crippen LogP contribution in [-0.2, 0) is 14.4 Å². The quantitative estimate of drug-likeness (QED) is 0.668. The molecule has 6 nitrogen and oxygen atoms in total. The van der Waals surface area contributed by atoms with E-state index in [1.807, 2.05) is 6.92 Å². The molecular formula is C17H23ClN2O4. The van der Waals surface area contributed by atoms with Crippen molar-refractivity contribution in [1.82, 2.24) is 10.6 Å². The molecule has 1 aromatic carbocycles. The van der Waals surface area contributed by atoms with Crippen LogP contribution in [0.1, 0.15) is 51.6 Å². The Balaban J connectivity index is 2.89. The van der Waals surface area contributed by atoms with E-state index in [0.29, 0.717) is 17.9 Å². The monoisotopic (exact) mass is 354 g/mol. The highest BCUT2D eigenvalue weighted by atomic mass is 35.5. The Kier molecular flexibility index (Phi) is 7.22. The van der Waals surface area contributed by atoms with Gasteiger partial charge in [-0.2, -0.15) is 0 Å². The predicted molar refractivity (Wildman–Crippen MR) is 91.7 cm³/mol. The number of halogens is 1. The highest BCUT2D eigenvalue weighted by molar-refractivity contribution is 6.30. The maximum Gasteiger partial charge on any atom is 0.329 e. The molecule has 0 aliphatic heterocycles. The predicted octanol–water partition coefficient (Wildman–Crippen LogP) is 2.67. The number of hydrogen-bond acceptors (Lipinski definition) is 3. The largest absolute Gasteiger partial charge is 0.480 e. The van der Waals surface area contributed by atoms with Gasteiger partial charge in [-0.25, -0.2) is 4.79 Å². The molecule has 0 saturated carbocycles. The van der Waals surface area contributed by atoms with Crippen LogP contribution >= 0.6 is 11.6 Å². The summed E-state index contributed by atoms with van der Waals surface area (Å²) in [6.45, 7) is 4.69. The Morgan fingerprint density at radius 3 is 2.29 bits per heavy atom. The molecule has 1 rings (SSSR count). The van der Waals surface area contributed by atoms with E-state index in [0.717, 1.165) is 5.56 Å². The fraction of sp³-hybridized carbons (Fsp3) is 0.471. The van der Waals surface area contributed by atoms with Crippen LogP contribution in [0.15, 0.2) is 24.3 Å². The Morgan fingerprint density at radius 2 is 1.83 bits per heavy atom. The zero-order valence-electron chi connectivity index (χ0n) is 14.1. The molecular weight excluding hydrogens is 332 g/mol. The summed E-state index contributed by atoms with van der Waals surface area (Å²) in [5.74, 6) is -1.81. The number of carbonyl (C=O) groups is 3. The van der Waals surface area contributed by atoms with E-state index in [1.165, 1.54) is 13.8 Å². The number of carboxylic acid groups (broad SMARTS) is 1. The fourth-order valence-corrected chi connectivity index (χ4v) is 2.59. The molecule has 2 atom stereocenters. The van der Waals surface area contributed by atoms with Crippen LogP contribution in [0.3, 0.4) is 0 Å². The Hall–Kier alpha value is -2.08. The van der Waals surface area contributed by atoms with Gasteiger partial charge < -0.3 is 15.7 Å². The second kappa shape index (κ2) is 8.68. The molecule has 0 bridgehead atoms. The van der Waals surface area contributed by atoms with Crippen LogP contribution in [0.4, 0.5) is 0 Å². The van der Waals surface area contributed by atoms with Crippen molar-refractivity contribution >= 4 is 29.4 Å². The lowest BCUT2D eigenvalue weighted by Crippen LogP contribution is -2.52. The minimum Gasteiger partial charge on any atom is -0.480 e. The maximum absolute atomic E-state index is 12.3. The highest BCUT2D eigenvalue weighted by Gasteiger charge is 2.34. The Morgan fingerprint density at radius 1 is 1.25 bits per heavy atom. The number of benzene rings is 1. The normalized spacial score (nSPS) is 14.3. The molecule has 7 heteroatoms. The van der Waals surface area contributed by atoms with E-state index in [1.54, 1.807) is 24.3 Å². The van der Waals surface area contributed by atoms with Crippen molar-refractivity contribution in [2.75, 3.05) is 0 Å². The van der Waals surface area contributed by atoms with Crippen molar-refractivity contribution in [3.63, 3.8) is 0 Å². The van der Waals surface area contributed by atoms with Crippen molar-refractivity contribution in [3.05, 3.63) is 34.9 Å². The van der Waals surface area contributed by atoms with Crippen LogP contribution < -0.4 is 10.6 Å². The van der Waals surface area contributed by atoms with E-state index in [4.69, 9.17) is 11.6 Å². The van der Waals surface area contributed by atoms with Gasteiger partial charge in [-0.05, 0) is 31.0 Å². The SMILES string of the molecule is CCCC(C)(NC(=O)CC(NC(C)=O)c1ccc(Cl)cc1)C(=O)O. The molecule has 0 aliphatic carbocycles. The van der Waals surface area contributed by atoms with Gasteiger partial charge in [-0.3, -0.25) is 9.59 Å². The average Bonchev–Trinajstić information content (AvgIpc) is 2.46. The van der Waals surface area contributed by atoms with Crippen molar-refractivity contribution in [2.24, 2.45) is 0 Å². The number of rotatable bonds is 8. The summed E-state index contributed by atoms with van der Waals surface area (Å²) in [6.07, 6.45) is 0.878. The second-order valence-electron chi connectivity index (χ2n) is 5.94. The first kappa shape index (κ1) is 20.0. The van der Waals surface area contributed by atoms with Gasteiger partial charge in [0.25, 0.3) is 0 Å². The molecule has 24 heavy (non-hydrogen) atoms. The molecule has 2 unspecified atom stereocenters. The topological polar surface area (TPSA) is 95.5 Å². The van der Waals surface area contributed by atoms with Gasteiger partial charge in [-0.1, -0.05) is 37.1 Å². The van der Waals surface area contributed by atoms with Gasteiger partial charge >= 0.3 is 5.97 Å². The molecule has 0 aromatic heterocycles. The van der Waals surface area contributed by atoms with Crippen LogP contribution in [0.5, 0.6) is 0 Å². The van der Waals surface area contributed by atoms with E-state index in [9.17, 15) is 19.5 Å². The third-order valence-electron chi connectivity index (χ3n) is 3.68. The molecule has 0 radical (unpaired) electrons. The van der Waals surface area contributed by atoms with Gasteiger partial charge in [-0.15, -0.1) is 0 Å². The number of hydrogen-bond donors (Lipinski definition) is 3. The highest BCUT2D eigenvalue weighted by Crippen LogP contribution is 2.21. The van der Waals surface area contributed by atoms with Gasteiger partial charge in [0.1, 0.15) is 5.54 Å². The van der Waals surface area contributed by atoms with Crippen molar-refractivity contribution in [2.45, 2.75) is 51.6 Å². The first-order valence-electron chi connectivity index (χ1n) is 7.75. The van der Waals surface area contributed by atoms with Crippen LogP contribution in [0, 0.1) is 0 Å². The smallest absolute Gasteiger partial charge is 0.329 e. The zero-order chi connectivity index (χ0) is 18.3. The Bertz CT molecular complexity index is 603. The summed E-state index contributed by atoms with van der Waals surface area (Å²) in [7, 11) is 0. The summed E-state index contributed by atoms with van der Waals surface area (Å²) in [6, 6.07) is 6.22. The summed E-state index contributed by atoms with van der Waals surface area (Å²) in [5.41, 5.74) is -0.607. The molecule has 3 N–H and O–H groups in total. The second-order valence-corrected chi connectivity index (χ2v) is 6.38. The molecule has 0 saturated heterocycles. The average molecular weight is 355 g/mol. The van der Waals surface area contributed by atoms with E-state index >= 15 is 0 Å². The maximum atomic E-state index is 12.3. The summed E-state index contributed by atoms with van der Waals surface area (Å²) in [5, 5.41) is 15.2. The third kappa shape index (κ3) is 5.85. The van der Waals surface area contributed by atoms with E-state index < -0.39 is 23.5 Å². The lowest BCUT2D eigenvalue weighted by molar-refractivity contribution is -0.147. The van der Waals surface area contributed by atoms with Gasteiger partial charge in [0.15, 0.2) is 0 Å². The van der Waals surface area contributed by atoms with Gasteiger partial charge in [0, 0.05) is 11.9 Å². The summed E-state index contributed by atoms with van der Waals surface area (Å²) in [4.78, 5) is 35.1. The number of aliphatic carboxylic acids is 1. The minimum atomic E-state index is -1.33. The Labute approximate surface area is 146 Å². The lowest BCUT2D eigenvalue weighted by atomic mass is 9.95. The zero-order valence-corrected chi connectivity index (χ0v) is 14.8. The van der Waals surface area contributed by atoms with E-state index in [-0.39, 0.29) is 12.3 Å². The summed E-state index contributed by atoms with van der Waals surface area (Å²) >= 11 is 5.85. The molecule has 132 valence electrons. The van der Waals surface area contributed by atoms with Crippen molar-refractivity contribution < 1.29 is 19.5 Å².